The molecule has 0 atom stereocenters. The van der Waals surface area contributed by atoms with Crippen LogP contribution in [-0.4, -0.2) is 47.2 Å². The number of likely N-dealkylation sites (N-methyl/N-ethyl adjacent to an activating group) is 1. The summed E-state index contributed by atoms with van der Waals surface area (Å²) in [7, 11) is 0. The van der Waals surface area contributed by atoms with Crippen LogP contribution in [0.3, 0.4) is 0 Å². The fourth-order valence-corrected chi connectivity index (χ4v) is 3.73. The van der Waals surface area contributed by atoms with E-state index in [9.17, 15) is 19.2 Å². The highest BCUT2D eigenvalue weighted by Gasteiger charge is 2.42. The van der Waals surface area contributed by atoms with E-state index >= 15 is 0 Å². The van der Waals surface area contributed by atoms with Crippen molar-refractivity contribution in [3.05, 3.63) is 35.4 Å². The Morgan fingerprint density at radius 2 is 1.62 bits per heavy atom. The largest absolute Gasteiger partial charge is 0.354 e. The van der Waals surface area contributed by atoms with Crippen molar-refractivity contribution in [1.82, 2.24) is 15.5 Å². The number of nitrogens with one attached hydrogen (secondary N) is 2. The Morgan fingerprint density at radius 1 is 1.04 bits per heavy atom. The minimum atomic E-state index is -0.954. The lowest BCUT2D eigenvalue weighted by Crippen LogP contribution is -2.61. The van der Waals surface area contributed by atoms with Gasteiger partial charge in [-0.15, -0.1) is 0 Å². The molecule has 3 rings (SSSR count). The zero-order valence-electron chi connectivity index (χ0n) is 14.8. The molecule has 1 aliphatic carbocycles. The number of imide groups is 1. The first-order chi connectivity index (χ1) is 12.5. The third-order valence-corrected chi connectivity index (χ3v) is 5.04. The molecule has 7 heteroatoms. The van der Waals surface area contributed by atoms with Gasteiger partial charge in [0, 0.05) is 6.54 Å². The van der Waals surface area contributed by atoms with Crippen LogP contribution in [0.5, 0.6) is 0 Å². The molecule has 1 heterocycles. The fourth-order valence-electron chi connectivity index (χ4n) is 3.73. The number of carbonyl (C=O) groups excluding carboxylic acids is 4. The van der Waals surface area contributed by atoms with E-state index < -0.39 is 23.3 Å². The minimum absolute atomic E-state index is 0.199. The van der Waals surface area contributed by atoms with Crippen molar-refractivity contribution in [1.29, 1.82) is 0 Å². The first-order valence-electron chi connectivity index (χ1n) is 9.03. The molecule has 1 aliphatic heterocycles. The zero-order valence-corrected chi connectivity index (χ0v) is 14.8. The van der Waals surface area contributed by atoms with Crippen LogP contribution >= 0.6 is 0 Å². The van der Waals surface area contributed by atoms with Gasteiger partial charge in [-0.25, -0.2) is 0 Å². The molecular formula is C19H23N3O4. The summed E-state index contributed by atoms with van der Waals surface area (Å²) >= 11 is 0. The lowest BCUT2D eigenvalue weighted by Gasteiger charge is -2.36. The van der Waals surface area contributed by atoms with Gasteiger partial charge < -0.3 is 10.6 Å². The molecule has 138 valence electrons. The quantitative estimate of drug-likeness (QED) is 0.775. The topological polar surface area (TPSA) is 95.6 Å². The molecule has 0 aromatic heterocycles. The van der Waals surface area contributed by atoms with Gasteiger partial charge in [-0.2, -0.15) is 0 Å². The second-order valence-corrected chi connectivity index (χ2v) is 6.79. The number of rotatable bonds is 5. The third kappa shape index (κ3) is 3.21. The molecule has 1 aromatic carbocycles. The summed E-state index contributed by atoms with van der Waals surface area (Å²) in [5.41, 5.74) is -0.341. The van der Waals surface area contributed by atoms with E-state index in [1.807, 2.05) is 6.92 Å². The van der Waals surface area contributed by atoms with E-state index in [1.165, 1.54) is 0 Å². The molecule has 1 aromatic rings. The van der Waals surface area contributed by atoms with Gasteiger partial charge in [0.05, 0.1) is 11.1 Å². The monoisotopic (exact) mass is 357 g/mol. The van der Waals surface area contributed by atoms with E-state index in [2.05, 4.69) is 10.6 Å². The lowest BCUT2D eigenvalue weighted by molar-refractivity contribution is -0.135. The van der Waals surface area contributed by atoms with E-state index in [0.717, 1.165) is 24.2 Å². The Kier molecular flexibility index (Phi) is 5.06. The summed E-state index contributed by atoms with van der Waals surface area (Å²) in [5, 5.41) is 5.60. The van der Waals surface area contributed by atoms with Crippen molar-refractivity contribution in [2.24, 2.45) is 0 Å². The maximum absolute atomic E-state index is 12.6. The van der Waals surface area contributed by atoms with Crippen LogP contribution in [0, 0.1) is 0 Å². The van der Waals surface area contributed by atoms with Crippen molar-refractivity contribution in [2.75, 3.05) is 13.1 Å². The van der Waals surface area contributed by atoms with Crippen molar-refractivity contribution in [3.8, 4) is 0 Å². The average molecular weight is 357 g/mol. The first kappa shape index (κ1) is 18.1. The molecular weight excluding hydrogens is 334 g/mol. The highest BCUT2D eigenvalue weighted by molar-refractivity contribution is 6.22. The second kappa shape index (κ2) is 7.27. The molecule has 26 heavy (non-hydrogen) atoms. The summed E-state index contributed by atoms with van der Waals surface area (Å²) in [6.45, 7) is 1.93. The summed E-state index contributed by atoms with van der Waals surface area (Å²) in [4.78, 5) is 50.8. The van der Waals surface area contributed by atoms with E-state index in [0.29, 0.717) is 30.5 Å². The van der Waals surface area contributed by atoms with Crippen LogP contribution < -0.4 is 10.6 Å². The second-order valence-electron chi connectivity index (χ2n) is 6.79. The van der Waals surface area contributed by atoms with Gasteiger partial charge >= 0.3 is 0 Å². The minimum Gasteiger partial charge on any atom is -0.354 e. The van der Waals surface area contributed by atoms with Gasteiger partial charge in [-0.05, 0) is 31.9 Å². The molecule has 1 fully saturated rings. The highest BCUT2D eigenvalue weighted by atomic mass is 16.2. The third-order valence-electron chi connectivity index (χ3n) is 5.04. The van der Waals surface area contributed by atoms with E-state index in [-0.39, 0.29) is 12.5 Å². The van der Waals surface area contributed by atoms with Crippen molar-refractivity contribution in [2.45, 2.75) is 44.6 Å². The molecule has 0 unspecified atom stereocenters. The average Bonchev–Trinajstić information content (AvgIpc) is 2.88. The molecule has 0 bridgehead atoms. The number of carbonyl (C=O) groups is 4. The SMILES string of the molecule is CCNC(=O)C1(NC(=O)CN2C(=O)c3ccccc3C2=O)CCCCC1. The predicted molar refractivity (Wildman–Crippen MR) is 94.5 cm³/mol. The molecule has 2 N–H and O–H groups in total. The predicted octanol–water partition coefficient (Wildman–Crippen LogP) is 1.24. The number of hydrogen-bond donors (Lipinski definition) is 2. The Bertz CT molecular complexity index is 718. The molecule has 0 saturated heterocycles. The number of fused-ring (bicyclic) bond motifs is 1. The Labute approximate surface area is 152 Å². The van der Waals surface area contributed by atoms with Crippen LogP contribution in [-0.2, 0) is 9.59 Å². The number of amides is 4. The van der Waals surface area contributed by atoms with Crippen molar-refractivity contribution < 1.29 is 19.2 Å². The number of hydrogen-bond acceptors (Lipinski definition) is 4. The van der Waals surface area contributed by atoms with E-state index in [4.69, 9.17) is 0 Å². The number of benzene rings is 1. The first-order valence-corrected chi connectivity index (χ1v) is 9.03. The Morgan fingerprint density at radius 3 is 2.15 bits per heavy atom. The normalized spacial score (nSPS) is 18.4. The van der Waals surface area contributed by atoms with Gasteiger partial charge in [0.25, 0.3) is 11.8 Å². The summed E-state index contributed by atoms with van der Waals surface area (Å²) in [5.74, 6) is -1.64. The van der Waals surface area contributed by atoms with Crippen LogP contribution in [0.2, 0.25) is 0 Å². The standard InChI is InChI=1S/C19H23N3O4/c1-2-20-18(26)19(10-6-3-7-11-19)21-15(23)12-22-16(24)13-8-4-5-9-14(13)17(22)25/h4-5,8-9H,2-3,6-7,10-12H2,1H3,(H,20,26)(H,21,23). The van der Waals surface area contributed by atoms with Crippen molar-refractivity contribution in [3.63, 3.8) is 0 Å². The Hall–Kier alpha value is -2.70. The lowest BCUT2D eigenvalue weighted by atomic mass is 9.80. The Balaban J connectivity index is 1.72. The molecule has 7 nitrogen and oxygen atoms in total. The molecule has 0 spiro atoms. The van der Waals surface area contributed by atoms with Gasteiger partial charge in [0.2, 0.25) is 11.8 Å². The highest BCUT2D eigenvalue weighted by Crippen LogP contribution is 2.29. The molecule has 1 saturated carbocycles. The maximum atomic E-state index is 12.6. The summed E-state index contributed by atoms with van der Waals surface area (Å²) in [6, 6.07) is 6.51. The molecule has 4 amide bonds. The van der Waals surface area contributed by atoms with Crippen molar-refractivity contribution >= 4 is 23.6 Å². The summed E-state index contributed by atoms with van der Waals surface area (Å²) in [6.07, 6.45) is 3.85. The van der Waals surface area contributed by atoms with Gasteiger partial charge in [-0.1, -0.05) is 31.4 Å². The zero-order chi connectivity index (χ0) is 18.7. The summed E-state index contributed by atoms with van der Waals surface area (Å²) < 4.78 is 0. The van der Waals surface area contributed by atoms with Crippen LogP contribution in [0.4, 0.5) is 0 Å². The number of nitrogens with zero attached hydrogens (tertiary/aromatic N) is 1. The van der Waals surface area contributed by atoms with Gasteiger partial charge in [0.1, 0.15) is 12.1 Å². The fraction of sp³-hybridized carbons (Fsp3) is 0.474. The van der Waals surface area contributed by atoms with Gasteiger partial charge in [-0.3, -0.25) is 24.1 Å². The van der Waals surface area contributed by atoms with Gasteiger partial charge in [0.15, 0.2) is 0 Å². The van der Waals surface area contributed by atoms with Crippen LogP contribution in [0.15, 0.2) is 24.3 Å². The maximum Gasteiger partial charge on any atom is 0.262 e. The van der Waals surface area contributed by atoms with E-state index in [1.54, 1.807) is 24.3 Å². The smallest absolute Gasteiger partial charge is 0.262 e. The van der Waals surface area contributed by atoms with Crippen LogP contribution in [0.25, 0.3) is 0 Å². The molecule has 0 radical (unpaired) electrons. The van der Waals surface area contributed by atoms with Crippen LogP contribution in [0.1, 0.15) is 59.7 Å². The molecule has 2 aliphatic rings.